The second-order valence-corrected chi connectivity index (χ2v) is 9.03. The van der Waals surface area contributed by atoms with E-state index < -0.39 is 0 Å². The fourth-order valence-electron chi connectivity index (χ4n) is 3.67. The van der Waals surface area contributed by atoms with E-state index in [2.05, 4.69) is 15.5 Å². The average Bonchev–Trinajstić information content (AvgIpc) is 2.84. The van der Waals surface area contributed by atoms with Crippen molar-refractivity contribution in [2.24, 2.45) is 0 Å². The summed E-state index contributed by atoms with van der Waals surface area (Å²) in [4.78, 5) is 29.1. The maximum atomic E-state index is 12.7. The van der Waals surface area contributed by atoms with Gasteiger partial charge in [-0.1, -0.05) is 29.3 Å². The van der Waals surface area contributed by atoms with Gasteiger partial charge in [0.1, 0.15) is 0 Å². The van der Waals surface area contributed by atoms with Crippen LogP contribution in [0.1, 0.15) is 20.7 Å². The summed E-state index contributed by atoms with van der Waals surface area (Å²) in [7, 11) is 0. The minimum Gasteiger partial charge on any atom is -0.368 e. The number of benzene rings is 3. The first-order valence-corrected chi connectivity index (χ1v) is 11.8. The number of carbonyl (C=O) groups excluding carboxylic acids is 2. The molecule has 2 amide bonds. The lowest BCUT2D eigenvalue weighted by Crippen LogP contribution is -2.48. The van der Waals surface area contributed by atoms with Gasteiger partial charge < -0.3 is 15.1 Å². The molecule has 1 aliphatic heterocycles. The molecular formula is C25H22Cl2N4O2S. The zero-order valence-electron chi connectivity index (χ0n) is 18.1. The lowest BCUT2D eigenvalue weighted by Gasteiger charge is -2.36. The maximum Gasteiger partial charge on any atom is 0.257 e. The molecule has 1 fully saturated rings. The summed E-state index contributed by atoms with van der Waals surface area (Å²) in [5.41, 5.74) is 2.89. The van der Waals surface area contributed by atoms with E-state index in [1.165, 1.54) is 0 Å². The Morgan fingerprint density at radius 3 is 2.12 bits per heavy atom. The third-order valence-corrected chi connectivity index (χ3v) is 6.15. The van der Waals surface area contributed by atoms with Crippen LogP contribution in [0.25, 0.3) is 0 Å². The van der Waals surface area contributed by atoms with Gasteiger partial charge in [-0.3, -0.25) is 14.9 Å². The molecule has 0 bridgehead atoms. The van der Waals surface area contributed by atoms with Crippen LogP contribution in [0.3, 0.4) is 0 Å². The lowest BCUT2D eigenvalue weighted by atomic mass is 10.1. The molecule has 0 unspecified atom stereocenters. The number of carbonyl (C=O) groups is 2. The summed E-state index contributed by atoms with van der Waals surface area (Å²) < 4.78 is 0. The van der Waals surface area contributed by atoms with Crippen LogP contribution in [0.5, 0.6) is 0 Å². The van der Waals surface area contributed by atoms with E-state index >= 15 is 0 Å². The van der Waals surface area contributed by atoms with Crippen LogP contribution in [0.2, 0.25) is 10.0 Å². The molecule has 1 heterocycles. The van der Waals surface area contributed by atoms with Crippen molar-refractivity contribution in [1.82, 2.24) is 10.2 Å². The maximum absolute atomic E-state index is 12.7. The SMILES string of the molecule is O=C(NC(=S)Nc1ccc(N2CCN(C(=O)c3ccc(Cl)cc3)CC2)cc1)c1cccc(Cl)c1. The molecule has 3 aromatic carbocycles. The predicted molar refractivity (Wildman–Crippen MR) is 141 cm³/mol. The molecule has 2 N–H and O–H groups in total. The quantitative estimate of drug-likeness (QED) is 0.477. The van der Waals surface area contributed by atoms with Crippen molar-refractivity contribution in [1.29, 1.82) is 0 Å². The van der Waals surface area contributed by atoms with Crippen molar-refractivity contribution in [3.05, 3.63) is 94.0 Å². The Morgan fingerprint density at radius 2 is 1.47 bits per heavy atom. The summed E-state index contributed by atoms with van der Waals surface area (Å²) in [5.74, 6) is -0.313. The Labute approximate surface area is 213 Å². The Balaban J connectivity index is 1.28. The molecule has 3 aromatic rings. The van der Waals surface area contributed by atoms with Gasteiger partial charge in [-0.2, -0.15) is 0 Å². The molecule has 0 aromatic heterocycles. The smallest absolute Gasteiger partial charge is 0.257 e. The molecule has 6 nitrogen and oxygen atoms in total. The number of halogens is 2. The van der Waals surface area contributed by atoms with Gasteiger partial charge in [0.15, 0.2) is 5.11 Å². The number of hydrogen-bond donors (Lipinski definition) is 2. The molecule has 174 valence electrons. The van der Waals surface area contributed by atoms with Crippen LogP contribution in [0, 0.1) is 0 Å². The Morgan fingerprint density at radius 1 is 0.794 bits per heavy atom. The number of anilines is 2. The third-order valence-electron chi connectivity index (χ3n) is 5.46. The van der Waals surface area contributed by atoms with Crippen molar-refractivity contribution >= 4 is 63.7 Å². The Bertz CT molecular complexity index is 1190. The molecule has 34 heavy (non-hydrogen) atoms. The highest BCUT2D eigenvalue weighted by molar-refractivity contribution is 7.80. The first-order chi connectivity index (χ1) is 16.4. The highest BCUT2D eigenvalue weighted by Crippen LogP contribution is 2.21. The minimum atomic E-state index is -0.331. The molecular weight excluding hydrogens is 491 g/mol. The predicted octanol–water partition coefficient (Wildman–Crippen LogP) is 5.08. The first kappa shape index (κ1) is 24.0. The summed E-state index contributed by atoms with van der Waals surface area (Å²) >= 11 is 17.1. The summed E-state index contributed by atoms with van der Waals surface area (Å²) in [5, 5.41) is 6.97. The van der Waals surface area contributed by atoms with Gasteiger partial charge in [-0.25, -0.2) is 0 Å². The van der Waals surface area contributed by atoms with Crippen LogP contribution in [-0.2, 0) is 0 Å². The topological polar surface area (TPSA) is 64.7 Å². The fraction of sp³-hybridized carbons (Fsp3) is 0.160. The van der Waals surface area contributed by atoms with Gasteiger partial charge in [-0.05, 0) is 78.9 Å². The zero-order chi connectivity index (χ0) is 24.1. The number of hydrogen-bond acceptors (Lipinski definition) is 4. The van der Waals surface area contributed by atoms with Gasteiger partial charge in [-0.15, -0.1) is 0 Å². The number of nitrogens with one attached hydrogen (secondary N) is 2. The van der Waals surface area contributed by atoms with E-state index in [-0.39, 0.29) is 16.9 Å². The molecule has 4 rings (SSSR count). The molecule has 1 aliphatic rings. The van der Waals surface area contributed by atoms with Gasteiger partial charge >= 0.3 is 0 Å². The van der Waals surface area contributed by atoms with Crippen LogP contribution >= 0.6 is 35.4 Å². The van der Waals surface area contributed by atoms with Crippen molar-refractivity contribution in [3.63, 3.8) is 0 Å². The molecule has 1 saturated heterocycles. The fourth-order valence-corrected chi connectivity index (χ4v) is 4.19. The molecule has 0 atom stereocenters. The summed E-state index contributed by atoms with van der Waals surface area (Å²) in [6, 6.07) is 21.4. The number of piperazine rings is 1. The van der Waals surface area contributed by atoms with Gasteiger partial charge in [0.2, 0.25) is 0 Å². The van der Waals surface area contributed by atoms with E-state index in [1.54, 1.807) is 48.5 Å². The van der Waals surface area contributed by atoms with Crippen molar-refractivity contribution < 1.29 is 9.59 Å². The average molecular weight is 513 g/mol. The Hall–Kier alpha value is -3.13. The van der Waals surface area contributed by atoms with Crippen molar-refractivity contribution in [3.8, 4) is 0 Å². The lowest BCUT2D eigenvalue weighted by molar-refractivity contribution is 0.0746. The number of thiocarbonyl (C=S) groups is 1. The second-order valence-electron chi connectivity index (χ2n) is 7.75. The van der Waals surface area contributed by atoms with E-state index in [1.807, 2.05) is 29.2 Å². The number of amides is 2. The molecule has 0 saturated carbocycles. The second kappa shape index (κ2) is 10.9. The molecule has 0 radical (unpaired) electrons. The Kier molecular flexibility index (Phi) is 7.67. The molecule has 9 heteroatoms. The highest BCUT2D eigenvalue weighted by atomic mass is 35.5. The summed E-state index contributed by atoms with van der Waals surface area (Å²) in [6.07, 6.45) is 0. The monoisotopic (exact) mass is 512 g/mol. The van der Waals surface area contributed by atoms with Crippen LogP contribution < -0.4 is 15.5 Å². The largest absolute Gasteiger partial charge is 0.368 e. The zero-order valence-corrected chi connectivity index (χ0v) is 20.5. The van der Waals surface area contributed by atoms with Gasteiger partial charge in [0, 0.05) is 58.7 Å². The van der Waals surface area contributed by atoms with Crippen LogP contribution in [-0.4, -0.2) is 48.0 Å². The van der Waals surface area contributed by atoms with E-state index in [9.17, 15) is 9.59 Å². The van der Waals surface area contributed by atoms with Crippen molar-refractivity contribution in [2.45, 2.75) is 0 Å². The summed E-state index contributed by atoms with van der Waals surface area (Å²) in [6.45, 7) is 2.75. The molecule has 0 aliphatic carbocycles. The van der Waals surface area contributed by atoms with Gasteiger partial charge in [0.25, 0.3) is 11.8 Å². The normalized spacial score (nSPS) is 13.4. The first-order valence-electron chi connectivity index (χ1n) is 10.7. The molecule has 0 spiro atoms. The number of nitrogens with zero attached hydrogens (tertiary/aromatic N) is 2. The standard InChI is InChI=1S/C25H22Cl2N4O2S/c26-19-6-4-17(5-7-19)24(33)31-14-12-30(13-15-31)22-10-8-21(9-11-22)28-25(34)29-23(32)18-2-1-3-20(27)16-18/h1-11,16H,12-15H2,(H2,28,29,32,34). The van der Waals surface area contributed by atoms with Crippen LogP contribution in [0.4, 0.5) is 11.4 Å². The van der Waals surface area contributed by atoms with E-state index in [0.29, 0.717) is 34.3 Å². The van der Waals surface area contributed by atoms with Crippen LogP contribution in [0.15, 0.2) is 72.8 Å². The minimum absolute atomic E-state index is 0.0178. The van der Waals surface area contributed by atoms with Gasteiger partial charge in [0.05, 0.1) is 0 Å². The van der Waals surface area contributed by atoms with E-state index in [4.69, 9.17) is 35.4 Å². The van der Waals surface area contributed by atoms with Crippen molar-refractivity contribution in [2.75, 3.05) is 36.4 Å². The highest BCUT2D eigenvalue weighted by Gasteiger charge is 2.22. The third kappa shape index (κ3) is 6.05. The van der Waals surface area contributed by atoms with E-state index in [0.717, 1.165) is 24.5 Å². The number of rotatable bonds is 4.